The van der Waals surface area contributed by atoms with Crippen molar-refractivity contribution in [2.45, 2.75) is 26.4 Å². The molecule has 0 fully saturated rings. The van der Waals surface area contributed by atoms with Crippen LogP contribution in [0.5, 0.6) is 5.75 Å². The Bertz CT molecular complexity index is 1070. The number of hydrogen-bond donors (Lipinski definition) is 0. The molecule has 7 heteroatoms. The molecule has 0 atom stereocenters. The Morgan fingerprint density at radius 1 is 1.10 bits per heavy atom. The number of nitrogens with zero attached hydrogens (tertiary/aromatic N) is 2. The van der Waals surface area contributed by atoms with Gasteiger partial charge in [0.1, 0.15) is 5.75 Å². The molecule has 152 valence electrons. The monoisotopic (exact) mass is 412 g/mol. The molecule has 3 aromatic rings. The number of sulfonamides is 1. The van der Waals surface area contributed by atoms with Gasteiger partial charge in [0, 0.05) is 23.1 Å². The predicted octanol–water partition coefficient (Wildman–Crippen LogP) is 4.56. The van der Waals surface area contributed by atoms with Crippen LogP contribution in [0.2, 0.25) is 0 Å². The first-order valence-corrected chi connectivity index (χ1v) is 10.7. The van der Waals surface area contributed by atoms with Crippen molar-refractivity contribution in [3.8, 4) is 17.1 Å². The molecule has 0 aliphatic rings. The van der Waals surface area contributed by atoms with Gasteiger partial charge in [0.2, 0.25) is 10.0 Å². The average molecular weight is 413 g/mol. The minimum atomic E-state index is -3.63. The molecule has 3 rings (SSSR count). The topological polar surface area (TPSA) is 72.6 Å². The fourth-order valence-corrected chi connectivity index (χ4v) is 4.22. The van der Waals surface area contributed by atoms with Gasteiger partial charge in [-0.15, -0.1) is 0 Å². The molecule has 0 saturated carbocycles. The van der Waals surface area contributed by atoms with Gasteiger partial charge in [0.15, 0.2) is 5.76 Å². The summed E-state index contributed by atoms with van der Waals surface area (Å²) < 4.78 is 37.8. The summed E-state index contributed by atoms with van der Waals surface area (Å²) in [7, 11) is -2.04. The van der Waals surface area contributed by atoms with Crippen LogP contribution in [0.15, 0.2) is 70.6 Å². The molecule has 29 heavy (non-hydrogen) atoms. The lowest BCUT2D eigenvalue weighted by atomic mass is 10.1. The third kappa shape index (κ3) is 5.34. The lowest BCUT2D eigenvalue weighted by Gasteiger charge is -2.23. The third-order valence-electron chi connectivity index (χ3n) is 4.37. The van der Waals surface area contributed by atoms with Crippen LogP contribution in [0.4, 0.5) is 0 Å². The van der Waals surface area contributed by atoms with E-state index in [2.05, 4.69) is 5.16 Å². The summed E-state index contributed by atoms with van der Waals surface area (Å²) in [6.45, 7) is 3.78. The first kappa shape index (κ1) is 20.8. The van der Waals surface area contributed by atoms with Gasteiger partial charge in [0.05, 0.1) is 19.3 Å². The number of methoxy groups -OCH3 is 1. The van der Waals surface area contributed by atoms with Gasteiger partial charge < -0.3 is 9.26 Å². The van der Waals surface area contributed by atoms with Gasteiger partial charge in [-0.05, 0) is 37.6 Å². The van der Waals surface area contributed by atoms with E-state index in [9.17, 15) is 8.42 Å². The second kappa shape index (κ2) is 9.07. The maximum atomic E-state index is 12.9. The van der Waals surface area contributed by atoms with Crippen molar-refractivity contribution in [1.29, 1.82) is 0 Å². The molecule has 0 N–H and O–H groups in total. The lowest BCUT2D eigenvalue weighted by molar-refractivity contribution is 0.336. The van der Waals surface area contributed by atoms with E-state index in [4.69, 9.17) is 9.26 Å². The van der Waals surface area contributed by atoms with E-state index in [1.54, 1.807) is 19.3 Å². The number of aromatic nitrogens is 1. The van der Waals surface area contributed by atoms with E-state index in [0.717, 1.165) is 11.1 Å². The minimum absolute atomic E-state index is 0.118. The average Bonchev–Trinajstić information content (AvgIpc) is 3.20. The lowest BCUT2D eigenvalue weighted by Crippen LogP contribution is -2.35. The van der Waals surface area contributed by atoms with Crippen molar-refractivity contribution >= 4 is 16.1 Å². The van der Waals surface area contributed by atoms with Crippen LogP contribution in [-0.4, -0.2) is 31.0 Å². The van der Waals surface area contributed by atoms with E-state index in [0.29, 0.717) is 17.2 Å². The van der Waals surface area contributed by atoms with Crippen LogP contribution in [-0.2, 0) is 16.6 Å². The van der Waals surface area contributed by atoms with E-state index in [1.165, 1.54) is 9.71 Å². The van der Waals surface area contributed by atoms with Crippen molar-refractivity contribution < 1.29 is 17.7 Å². The number of ether oxygens (including phenoxy) is 1. The fourth-order valence-electron chi connectivity index (χ4n) is 2.83. The largest absolute Gasteiger partial charge is 0.497 e. The maximum absolute atomic E-state index is 12.9. The molecule has 0 aliphatic carbocycles. The molecule has 0 amide bonds. The molecule has 0 spiro atoms. The molecular formula is C22H24N2O4S. The summed E-state index contributed by atoms with van der Waals surface area (Å²) >= 11 is 0. The molecular weight excluding hydrogens is 388 g/mol. The smallest absolute Gasteiger partial charge is 0.236 e. The van der Waals surface area contributed by atoms with Crippen LogP contribution < -0.4 is 4.74 Å². The molecule has 0 saturated heterocycles. The Labute approximate surface area is 171 Å². The van der Waals surface area contributed by atoms with Crippen LogP contribution in [0.1, 0.15) is 25.1 Å². The first-order valence-electron chi connectivity index (χ1n) is 9.24. The zero-order valence-electron chi connectivity index (χ0n) is 16.6. The van der Waals surface area contributed by atoms with Gasteiger partial charge in [-0.2, -0.15) is 4.31 Å². The summed E-state index contributed by atoms with van der Waals surface area (Å²) in [5, 5.41) is 5.28. The van der Waals surface area contributed by atoms with Crippen LogP contribution in [0, 0.1) is 0 Å². The summed E-state index contributed by atoms with van der Waals surface area (Å²) in [4.78, 5) is 0. The van der Waals surface area contributed by atoms with Crippen LogP contribution in [0.3, 0.4) is 0 Å². The van der Waals surface area contributed by atoms with Gasteiger partial charge in [0.25, 0.3) is 0 Å². The first-order chi connectivity index (χ1) is 13.9. The van der Waals surface area contributed by atoms with Crippen LogP contribution in [0.25, 0.3) is 17.4 Å². The molecule has 0 aliphatic heterocycles. The highest BCUT2D eigenvalue weighted by Gasteiger charge is 2.24. The highest BCUT2D eigenvalue weighted by Crippen LogP contribution is 2.25. The summed E-state index contributed by atoms with van der Waals surface area (Å²) in [6, 6.07) is 18.2. The van der Waals surface area contributed by atoms with Crippen LogP contribution >= 0.6 is 0 Å². The third-order valence-corrected chi connectivity index (χ3v) is 6.05. The zero-order valence-corrected chi connectivity index (χ0v) is 17.5. The normalized spacial score (nSPS) is 12.2. The van der Waals surface area contributed by atoms with E-state index >= 15 is 0 Å². The minimum Gasteiger partial charge on any atom is -0.497 e. The molecule has 0 bridgehead atoms. The second-order valence-electron chi connectivity index (χ2n) is 6.81. The van der Waals surface area contributed by atoms with Crippen molar-refractivity contribution in [2.75, 3.05) is 7.11 Å². The van der Waals surface area contributed by atoms with Gasteiger partial charge in [-0.25, -0.2) is 8.42 Å². The number of rotatable bonds is 8. The molecule has 6 nitrogen and oxygen atoms in total. The summed E-state index contributed by atoms with van der Waals surface area (Å²) in [5.74, 6) is 1.26. The van der Waals surface area contributed by atoms with E-state index in [1.807, 2.05) is 68.4 Å². The second-order valence-corrected chi connectivity index (χ2v) is 8.58. The van der Waals surface area contributed by atoms with Gasteiger partial charge in [-0.1, -0.05) is 47.6 Å². The Kier molecular flexibility index (Phi) is 6.51. The molecule has 1 aromatic heterocycles. The van der Waals surface area contributed by atoms with Gasteiger partial charge >= 0.3 is 0 Å². The Morgan fingerprint density at radius 3 is 2.55 bits per heavy atom. The summed E-state index contributed by atoms with van der Waals surface area (Å²) in [5.41, 5.74) is 2.17. The van der Waals surface area contributed by atoms with E-state index in [-0.39, 0.29) is 12.6 Å². The Hall–Kier alpha value is -2.90. The van der Waals surface area contributed by atoms with Crippen molar-refractivity contribution in [3.63, 3.8) is 0 Å². The molecule has 1 heterocycles. The molecule has 2 aromatic carbocycles. The highest BCUT2D eigenvalue weighted by atomic mass is 32.2. The standard InChI is InChI=1S/C22H24N2O4S/c1-17(2)24(29(25,26)13-12-18-8-5-4-6-9-18)16-20-15-22(28-23-20)19-10-7-11-21(14-19)27-3/h4-15,17H,16H2,1-3H3/b13-12+. The SMILES string of the molecule is COc1cccc(-c2cc(CN(C(C)C)S(=O)(=O)/C=C/c3ccccc3)no2)c1. The highest BCUT2D eigenvalue weighted by molar-refractivity contribution is 7.92. The molecule has 0 radical (unpaired) electrons. The zero-order chi connectivity index (χ0) is 20.9. The maximum Gasteiger partial charge on any atom is 0.236 e. The molecule has 0 unspecified atom stereocenters. The number of hydrogen-bond acceptors (Lipinski definition) is 5. The number of benzene rings is 2. The Balaban J connectivity index is 1.80. The fraction of sp³-hybridized carbons (Fsp3) is 0.227. The van der Waals surface area contributed by atoms with Crippen molar-refractivity contribution in [2.24, 2.45) is 0 Å². The Morgan fingerprint density at radius 2 is 1.86 bits per heavy atom. The van der Waals surface area contributed by atoms with E-state index < -0.39 is 10.0 Å². The quantitative estimate of drug-likeness (QED) is 0.542. The summed E-state index contributed by atoms with van der Waals surface area (Å²) in [6.07, 6.45) is 1.59. The van der Waals surface area contributed by atoms with Crippen molar-refractivity contribution in [1.82, 2.24) is 9.46 Å². The predicted molar refractivity (Wildman–Crippen MR) is 114 cm³/mol. The van der Waals surface area contributed by atoms with Crippen molar-refractivity contribution in [3.05, 3.63) is 77.3 Å². The van der Waals surface area contributed by atoms with Gasteiger partial charge in [-0.3, -0.25) is 0 Å².